The zero-order chi connectivity index (χ0) is 19.5. The molecular weight excluding hydrogens is 361 g/mol. The van der Waals surface area contributed by atoms with E-state index in [-0.39, 0.29) is 24.1 Å². The van der Waals surface area contributed by atoms with Gasteiger partial charge >= 0.3 is 0 Å². The molecule has 140 valence electrons. The number of ether oxygens (including phenoxy) is 1. The number of amides is 1. The van der Waals surface area contributed by atoms with Crippen molar-refractivity contribution < 1.29 is 13.9 Å². The molecule has 0 aliphatic heterocycles. The van der Waals surface area contributed by atoms with E-state index in [1.165, 1.54) is 18.3 Å². The zero-order valence-corrected chi connectivity index (χ0v) is 15.0. The first-order valence-electron chi connectivity index (χ1n) is 8.56. The van der Waals surface area contributed by atoms with Crippen molar-refractivity contribution in [2.75, 3.05) is 0 Å². The minimum atomic E-state index is -0.490. The molecule has 4 rings (SSSR count). The minimum Gasteiger partial charge on any atom is -0.436 e. The van der Waals surface area contributed by atoms with Gasteiger partial charge in [0.05, 0.1) is 6.20 Å². The van der Waals surface area contributed by atoms with Crippen LogP contribution in [0.25, 0.3) is 5.65 Å². The highest BCUT2D eigenvalue weighted by Gasteiger charge is 2.15. The van der Waals surface area contributed by atoms with E-state index in [4.69, 9.17) is 4.74 Å². The SMILES string of the molecule is Cc1cnc2c(C(=O)NCc3cccnc3Oc3ccccc3F)cnn2c1. The third-order valence-electron chi connectivity index (χ3n) is 4.06. The molecule has 4 aromatic rings. The number of rotatable bonds is 5. The van der Waals surface area contributed by atoms with E-state index in [1.54, 1.807) is 47.4 Å². The highest BCUT2D eigenvalue weighted by Crippen LogP contribution is 2.25. The van der Waals surface area contributed by atoms with Crippen molar-refractivity contribution in [1.29, 1.82) is 0 Å². The molecule has 0 spiro atoms. The maximum Gasteiger partial charge on any atom is 0.257 e. The summed E-state index contributed by atoms with van der Waals surface area (Å²) in [5.74, 6) is -0.527. The Bertz CT molecular complexity index is 1160. The van der Waals surface area contributed by atoms with Crippen molar-refractivity contribution in [2.45, 2.75) is 13.5 Å². The molecule has 0 saturated heterocycles. The number of benzene rings is 1. The summed E-state index contributed by atoms with van der Waals surface area (Å²) in [6.45, 7) is 2.05. The molecule has 7 nitrogen and oxygen atoms in total. The second-order valence-corrected chi connectivity index (χ2v) is 6.14. The first-order valence-corrected chi connectivity index (χ1v) is 8.56. The number of nitrogens with zero attached hydrogens (tertiary/aromatic N) is 4. The summed E-state index contributed by atoms with van der Waals surface area (Å²) in [5.41, 5.74) is 2.38. The van der Waals surface area contributed by atoms with Crippen LogP contribution in [0, 0.1) is 12.7 Å². The first kappa shape index (κ1) is 17.6. The molecule has 0 bridgehead atoms. The summed E-state index contributed by atoms with van der Waals surface area (Å²) in [5, 5.41) is 6.96. The molecule has 1 N–H and O–H groups in total. The predicted octanol–water partition coefficient (Wildman–Crippen LogP) is 3.29. The fourth-order valence-corrected chi connectivity index (χ4v) is 2.68. The molecule has 0 aliphatic carbocycles. The monoisotopic (exact) mass is 377 g/mol. The lowest BCUT2D eigenvalue weighted by atomic mass is 10.2. The summed E-state index contributed by atoms with van der Waals surface area (Å²) in [6.07, 6.45) is 6.48. The minimum absolute atomic E-state index is 0.0657. The summed E-state index contributed by atoms with van der Waals surface area (Å²) >= 11 is 0. The van der Waals surface area contributed by atoms with Gasteiger partial charge in [0, 0.05) is 30.7 Å². The predicted molar refractivity (Wildman–Crippen MR) is 99.6 cm³/mol. The van der Waals surface area contributed by atoms with Gasteiger partial charge < -0.3 is 10.1 Å². The average molecular weight is 377 g/mol. The summed E-state index contributed by atoms with van der Waals surface area (Å²) in [4.78, 5) is 21.0. The molecule has 0 atom stereocenters. The molecule has 1 aromatic carbocycles. The lowest BCUT2D eigenvalue weighted by Crippen LogP contribution is -2.23. The molecule has 0 unspecified atom stereocenters. The summed E-state index contributed by atoms with van der Waals surface area (Å²) < 4.78 is 21.0. The lowest BCUT2D eigenvalue weighted by molar-refractivity contribution is 0.0952. The highest BCUT2D eigenvalue weighted by molar-refractivity contribution is 5.99. The molecule has 0 saturated carbocycles. The van der Waals surface area contributed by atoms with Gasteiger partial charge in [0.25, 0.3) is 5.91 Å². The Morgan fingerprint density at radius 1 is 1.18 bits per heavy atom. The number of fused-ring (bicyclic) bond motifs is 1. The van der Waals surface area contributed by atoms with Gasteiger partial charge in [-0.1, -0.05) is 18.2 Å². The third kappa shape index (κ3) is 3.52. The smallest absolute Gasteiger partial charge is 0.257 e. The molecular formula is C20H16FN5O2. The number of para-hydroxylation sites is 1. The van der Waals surface area contributed by atoms with Crippen LogP contribution in [0.5, 0.6) is 11.6 Å². The van der Waals surface area contributed by atoms with Crippen LogP contribution in [-0.2, 0) is 6.54 Å². The van der Waals surface area contributed by atoms with E-state index >= 15 is 0 Å². The van der Waals surface area contributed by atoms with Crippen LogP contribution >= 0.6 is 0 Å². The van der Waals surface area contributed by atoms with Gasteiger partial charge in [-0.3, -0.25) is 4.79 Å². The number of halogens is 1. The van der Waals surface area contributed by atoms with Crippen molar-refractivity contribution >= 4 is 11.6 Å². The Hall–Kier alpha value is -3.81. The summed E-state index contributed by atoms with van der Waals surface area (Å²) in [7, 11) is 0. The summed E-state index contributed by atoms with van der Waals surface area (Å²) in [6, 6.07) is 9.53. The fourth-order valence-electron chi connectivity index (χ4n) is 2.68. The highest BCUT2D eigenvalue weighted by atomic mass is 19.1. The Morgan fingerprint density at radius 3 is 2.89 bits per heavy atom. The quantitative estimate of drug-likeness (QED) is 0.577. The molecule has 0 radical (unpaired) electrons. The largest absolute Gasteiger partial charge is 0.436 e. The van der Waals surface area contributed by atoms with Crippen LogP contribution in [0.3, 0.4) is 0 Å². The Kier molecular flexibility index (Phi) is 4.67. The number of carbonyl (C=O) groups is 1. The molecule has 0 fully saturated rings. The van der Waals surface area contributed by atoms with Gasteiger partial charge in [-0.05, 0) is 30.7 Å². The van der Waals surface area contributed by atoms with Crippen LogP contribution in [-0.4, -0.2) is 25.5 Å². The Morgan fingerprint density at radius 2 is 2.04 bits per heavy atom. The van der Waals surface area contributed by atoms with Gasteiger partial charge in [0.1, 0.15) is 5.56 Å². The number of nitrogens with one attached hydrogen (secondary N) is 1. The lowest BCUT2D eigenvalue weighted by Gasteiger charge is -2.11. The van der Waals surface area contributed by atoms with Crippen LogP contribution in [0.4, 0.5) is 4.39 Å². The van der Waals surface area contributed by atoms with Gasteiger partial charge in [-0.25, -0.2) is 18.9 Å². The Balaban J connectivity index is 1.52. The van der Waals surface area contributed by atoms with Gasteiger partial charge in [-0.15, -0.1) is 0 Å². The normalized spacial score (nSPS) is 10.8. The molecule has 3 aromatic heterocycles. The van der Waals surface area contributed by atoms with E-state index in [0.717, 1.165) is 5.56 Å². The van der Waals surface area contributed by atoms with Crippen LogP contribution in [0.15, 0.2) is 61.2 Å². The number of hydrogen-bond donors (Lipinski definition) is 1. The third-order valence-corrected chi connectivity index (χ3v) is 4.06. The van der Waals surface area contributed by atoms with Gasteiger partial charge in [0.2, 0.25) is 5.88 Å². The number of hydrogen-bond acceptors (Lipinski definition) is 5. The van der Waals surface area contributed by atoms with E-state index in [0.29, 0.717) is 16.8 Å². The van der Waals surface area contributed by atoms with E-state index in [9.17, 15) is 9.18 Å². The van der Waals surface area contributed by atoms with Crippen molar-refractivity contribution in [2.24, 2.45) is 0 Å². The van der Waals surface area contributed by atoms with Crippen molar-refractivity contribution in [3.63, 3.8) is 0 Å². The topological polar surface area (TPSA) is 81.4 Å². The molecule has 28 heavy (non-hydrogen) atoms. The number of carbonyl (C=O) groups excluding carboxylic acids is 1. The second-order valence-electron chi connectivity index (χ2n) is 6.14. The Labute approximate surface area is 159 Å². The second kappa shape index (κ2) is 7.43. The van der Waals surface area contributed by atoms with Crippen LogP contribution in [0.1, 0.15) is 21.5 Å². The van der Waals surface area contributed by atoms with Crippen molar-refractivity contribution in [1.82, 2.24) is 24.9 Å². The average Bonchev–Trinajstić information content (AvgIpc) is 3.12. The van der Waals surface area contributed by atoms with Crippen LogP contribution < -0.4 is 10.1 Å². The maximum atomic E-state index is 13.8. The maximum absolute atomic E-state index is 13.8. The van der Waals surface area contributed by atoms with Gasteiger partial charge in [-0.2, -0.15) is 5.10 Å². The van der Waals surface area contributed by atoms with E-state index in [2.05, 4.69) is 20.4 Å². The first-order chi connectivity index (χ1) is 13.6. The number of aryl methyl sites for hydroxylation is 1. The van der Waals surface area contributed by atoms with Crippen LogP contribution in [0.2, 0.25) is 0 Å². The molecule has 0 aliphatic rings. The molecule has 3 heterocycles. The fraction of sp³-hybridized carbons (Fsp3) is 0.100. The molecule has 8 heteroatoms. The van der Waals surface area contributed by atoms with Crippen molar-refractivity contribution in [3.8, 4) is 11.6 Å². The standard InChI is InChI=1S/C20H16FN5O2/c1-13-9-23-18-15(11-25-26(18)12-13)19(27)24-10-14-5-4-8-22-20(14)28-17-7-3-2-6-16(17)21/h2-9,11-12H,10H2,1H3,(H,24,27). The van der Waals surface area contributed by atoms with E-state index < -0.39 is 5.82 Å². The van der Waals surface area contributed by atoms with Crippen molar-refractivity contribution in [3.05, 3.63) is 83.7 Å². The zero-order valence-electron chi connectivity index (χ0n) is 15.0. The van der Waals surface area contributed by atoms with Gasteiger partial charge in [0.15, 0.2) is 17.2 Å². The van der Waals surface area contributed by atoms with E-state index in [1.807, 2.05) is 6.92 Å². The number of pyridine rings is 1. The molecule has 1 amide bonds. The number of aromatic nitrogens is 4.